The Balaban J connectivity index is 2.13. The third kappa shape index (κ3) is 6.49. The lowest BCUT2D eigenvalue weighted by Crippen LogP contribution is -2.25. The van der Waals surface area contributed by atoms with Crippen LogP contribution in [0.3, 0.4) is 0 Å². The van der Waals surface area contributed by atoms with Crippen molar-refractivity contribution in [2.24, 2.45) is 0 Å². The van der Waals surface area contributed by atoms with E-state index in [1.54, 1.807) is 26.4 Å². The van der Waals surface area contributed by atoms with Gasteiger partial charge in [-0.1, -0.05) is 0 Å². The predicted octanol–water partition coefficient (Wildman–Crippen LogP) is 1.30. The fraction of sp³-hybridized carbons (Fsp3) is 0.571. The molecule has 0 aliphatic carbocycles. The van der Waals surface area contributed by atoms with Crippen LogP contribution in [0.25, 0.3) is 0 Å². The number of anilines is 1. The highest BCUT2D eigenvalue weighted by atomic mass is 16.5. The molecule has 0 aliphatic rings. The molecule has 2 N–H and O–H groups in total. The van der Waals surface area contributed by atoms with E-state index in [0.717, 1.165) is 18.5 Å². The molecule has 0 atom stereocenters. The van der Waals surface area contributed by atoms with Crippen LogP contribution in [-0.4, -0.2) is 51.4 Å². The summed E-state index contributed by atoms with van der Waals surface area (Å²) in [5, 5.41) is 5.82. The van der Waals surface area contributed by atoms with E-state index in [9.17, 15) is 4.79 Å². The predicted molar refractivity (Wildman–Crippen MR) is 78.0 cm³/mol. The number of nitrogens with one attached hydrogen (secondary N) is 2. The van der Waals surface area contributed by atoms with Gasteiger partial charge in [-0.2, -0.15) is 0 Å². The number of rotatable bonds is 10. The largest absolute Gasteiger partial charge is 0.388 e. The summed E-state index contributed by atoms with van der Waals surface area (Å²) < 4.78 is 10.2. The molecule has 112 valence electrons. The molecule has 20 heavy (non-hydrogen) atoms. The summed E-state index contributed by atoms with van der Waals surface area (Å²) in [6, 6.07) is 3.54. The molecule has 6 nitrogen and oxygen atoms in total. The van der Waals surface area contributed by atoms with Crippen molar-refractivity contribution in [3.63, 3.8) is 0 Å². The van der Waals surface area contributed by atoms with Gasteiger partial charge in [0.25, 0.3) is 5.91 Å². The number of hydrogen-bond acceptors (Lipinski definition) is 5. The summed E-state index contributed by atoms with van der Waals surface area (Å²) in [5.41, 5.74) is 1.30. The zero-order chi connectivity index (χ0) is 14.6. The molecule has 0 aliphatic heterocycles. The van der Waals surface area contributed by atoms with Gasteiger partial charge in [0, 0.05) is 39.2 Å². The van der Waals surface area contributed by atoms with Crippen LogP contribution in [0, 0.1) is 0 Å². The number of ether oxygens (including phenoxy) is 2. The molecule has 0 radical (unpaired) electrons. The number of carbonyl (C=O) groups excluding carboxylic acids is 1. The SMILES string of the molecule is CNc1ccnc(C(=O)NCCCCOCCOC)c1. The lowest BCUT2D eigenvalue weighted by Gasteiger charge is -2.06. The van der Waals surface area contributed by atoms with E-state index in [-0.39, 0.29) is 5.91 Å². The normalized spacial score (nSPS) is 10.3. The molecule has 1 aromatic rings. The number of unbranched alkanes of at least 4 members (excludes halogenated alkanes) is 1. The van der Waals surface area contributed by atoms with Crippen LogP contribution in [0.1, 0.15) is 23.3 Å². The van der Waals surface area contributed by atoms with Gasteiger partial charge in [-0.25, -0.2) is 0 Å². The van der Waals surface area contributed by atoms with Crippen molar-refractivity contribution in [3.05, 3.63) is 24.0 Å². The third-order valence-corrected chi connectivity index (χ3v) is 2.71. The molecule has 0 saturated heterocycles. The molecule has 0 fully saturated rings. The van der Waals surface area contributed by atoms with E-state index in [0.29, 0.717) is 32.1 Å². The maximum Gasteiger partial charge on any atom is 0.269 e. The summed E-state index contributed by atoms with van der Waals surface area (Å²) in [4.78, 5) is 15.9. The van der Waals surface area contributed by atoms with E-state index in [2.05, 4.69) is 15.6 Å². The van der Waals surface area contributed by atoms with Gasteiger partial charge in [0.2, 0.25) is 0 Å². The highest BCUT2D eigenvalue weighted by molar-refractivity contribution is 5.93. The average molecular weight is 281 g/mol. The highest BCUT2D eigenvalue weighted by Crippen LogP contribution is 2.06. The summed E-state index contributed by atoms with van der Waals surface area (Å²) in [6.07, 6.45) is 3.41. The molecule has 1 aromatic heterocycles. The summed E-state index contributed by atoms with van der Waals surface area (Å²) in [7, 11) is 3.45. The van der Waals surface area contributed by atoms with Crippen LogP contribution < -0.4 is 10.6 Å². The molecule has 1 rings (SSSR count). The van der Waals surface area contributed by atoms with E-state index in [1.165, 1.54) is 0 Å². The van der Waals surface area contributed by atoms with Crippen LogP contribution in [-0.2, 0) is 9.47 Å². The smallest absolute Gasteiger partial charge is 0.269 e. The van der Waals surface area contributed by atoms with Gasteiger partial charge in [-0.05, 0) is 25.0 Å². The van der Waals surface area contributed by atoms with Crippen LogP contribution >= 0.6 is 0 Å². The van der Waals surface area contributed by atoms with Crippen molar-refractivity contribution in [2.45, 2.75) is 12.8 Å². The Morgan fingerprint density at radius 3 is 2.90 bits per heavy atom. The summed E-state index contributed by atoms with van der Waals surface area (Å²) in [6.45, 7) is 2.54. The van der Waals surface area contributed by atoms with Crippen LogP contribution in [0.5, 0.6) is 0 Å². The molecule has 0 spiro atoms. The number of methoxy groups -OCH3 is 1. The monoisotopic (exact) mass is 281 g/mol. The molecule has 0 aromatic carbocycles. The second kappa shape index (κ2) is 10.2. The number of amides is 1. The fourth-order valence-electron chi connectivity index (χ4n) is 1.58. The van der Waals surface area contributed by atoms with E-state index < -0.39 is 0 Å². The number of pyridine rings is 1. The second-order valence-electron chi connectivity index (χ2n) is 4.25. The quantitative estimate of drug-likeness (QED) is 0.632. The maximum absolute atomic E-state index is 11.8. The minimum atomic E-state index is -0.151. The molecule has 1 amide bonds. The first-order valence-electron chi connectivity index (χ1n) is 6.76. The summed E-state index contributed by atoms with van der Waals surface area (Å²) >= 11 is 0. The first-order chi connectivity index (χ1) is 9.77. The van der Waals surface area contributed by atoms with Crippen molar-refractivity contribution >= 4 is 11.6 Å². The third-order valence-electron chi connectivity index (χ3n) is 2.71. The number of nitrogens with zero attached hydrogens (tertiary/aromatic N) is 1. The number of hydrogen-bond donors (Lipinski definition) is 2. The zero-order valence-electron chi connectivity index (χ0n) is 12.1. The molecule has 1 heterocycles. The van der Waals surface area contributed by atoms with Crippen molar-refractivity contribution in [1.29, 1.82) is 0 Å². The molecule has 0 unspecified atom stereocenters. The zero-order valence-corrected chi connectivity index (χ0v) is 12.1. The van der Waals surface area contributed by atoms with Crippen molar-refractivity contribution in [2.75, 3.05) is 45.8 Å². The van der Waals surface area contributed by atoms with Gasteiger partial charge in [0.05, 0.1) is 13.2 Å². The average Bonchev–Trinajstić information content (AvgIpc) is 2.49. The van der Waals surface area contributed by atoms with E-state index in [4.69, 9.17) is 9.47 Å². The standard InChI is InChI=1S/C14H23N3O3/c1-15-12-5-7-16-13(11-12)14(18)17-6-3-4-8-20-10-9-19-2/h5,7,11H,3-4,6,8-10H2,1-2H3,(H,15,16)(H,17,18). The molecule has 6 heteroatoms. The van der Waals surface area contributed by atoms with Crippen LogP contribution in [0.15, 0.2) is 18.3 Å². The maximum atomic E-state index is 11.8. The van der Waals surface area contributed by atoms with E-state index in [1.807, 2.05) is 6.07 Å². The molecular formula is C14H23N3O3. The first-order valence-corrected chi connectivity index (χ1v) is 6.76. The Bertz CT molecular complexity index is 399. The molecular weight excluding hydrogens is 258 g/mol. The molecule has 0 bridgehead atoms. The number of carbonyl (C=O) groups is 1. The Morgan fingerprint density at radius 1 is 1.30 bits per heavy atom. The Morgan fingerprint density at radius 2 is 2.15 bits per heavy atom. The van der Waals surface area contributed by atoms with Crippen molar-refractivity contribution in [1.82, 2.24) is 10.3 Å². The van der Waals surface area contributed by atoms with Gasteiger partial charge in [-0.15, -0.1) is 0 Å². The van der Waals surface area contributed by atoms with Gasteiger partial charge in [-0.3, -0.25) is 9.78 Å². The van der Waals surface area contributed by atoms with E-state index >= 15 is 0 Å². The highest BCUT2D eigenvalue weighted by Gasteiger charge is 2.06. The lowest BCUT2D eigenvalue weighted by molar-refractivity contribution is 0.0686. The minimum Gasteiger partial charge on any atom is -0.388 e. The Hall–Kier alpha value is -1.66. The minimum absolute atomic E-state index is 0.151. The van der Waals surface area contributed by atoms with Crippen molar-refractivity contribution < 1.29 is 14.3 Å². The topological polar surface area (TPSA) is 72.5 Å². The van der Waals surface area contributed by atoms with Crippen molar-refractivity contribution in [3.8, 4) is 0 Å². The van der Waals surface area contributed by atoms with Gasteiger partial charge >= 0.3 is 0 Å². The Labute approximate surface area is 119 Å². The Kier molecular flexibility index (Phi) is 8.33. The first kappa shape index (κ1) is 16.4. The molecule has 0 saturated carbocycles. The van der Waals surface area contributed by atoms with Gasteiger partial charge in [0.15, 0.2) is 0 Å². The van der Waals surface area contributed by atoms with Crippen LogP contribution in [0.4, 0.5) is 5.69 Å². The second-order valence-corrected chi connectivity index (χ2v) is 4.25. The van der Waals surface area contributed by atoms with Crippen LogP contribution in [0.2, 0.25) is 0 Å². The van der Waals surface area contributed by atoms with Gasteiger partial charge < -0.3 is 20.1 Å². The summed E-state index contributed by atoms with van der Waals surface area (Å²) in [5.74, 6) is -0.151. The number of aromatic nitrogens is 1. The fourth-order valence-corrected chi connectivity index (χ4v) is 1.58. The lowest BCUT2D eigenvalue weighted by atomic mass is 10.3. The van der Waals surface area contributed by atoms with Gasteiger partial charge in [0.1, 0.15) is 5.69 Å².